The first-order chi connectivity index (χ1) is 58.4. The van der Waals surface area contributed by atoms with E-state index in [1.54, 1.807) is 21.9 Å². The van der Waals surface area contributed by atoms with Crippen molar-refractivity contribution in [2.24, 2.45) is 59.2 Å². The number of hydrogen-bond donors (Lipinski definition) is 0. The second-order valence-electron chi connectivity index (χ2n) is 28.3. The van der Waals surface area contributed by atoms with Gasteiger partial charge in [-0.3, -0.25) is 86.5 Å². The molecule has 624 valence electrons. The third-order valence-electron chi connectivity index (χ3n) is 21.0. The highest BCUT2D eigenvalue weighted by Crippen LogP contribution is 2.55. The molecular weight excluding hydrogens is 1650 g/mol. The van der Waals surface area contributed by atoms with Crippen molar-refractivity contribution in [2.75, 3.05) is 39.3 Å². The van der Waals surface area contributed by atoms with Crippen LogP contribution in [0.25, 0.3) is 32.7 Å². The summed E-state index contributed by atoms with van der Waals surface area (Å²) >= 11 is 0. The number of fused-ring (bicyclic) bond motifs is 12. The summed E-state index contributed by atoms with van der Waals surface area (Å²) in [5.74, 6) is -22.5. The van der Waals surface area contributed by atoms with Gasteiger partial charge in [-0.15, -0.1) is 0 Å². The second kappa shape index (κ2) is 31.9. The fourth-order valence-corrected chi connectivity index (χ4v) is 15.1. The molecule has 2 aromatic heterocycles. The summed E-state index contributed by atoms with van der Waals surface area (Å²) in [4.78, 5) is 317. The lowest BCUT2D eigenvalue weighted by atomic mass is 9.59. The van der Waals surface area contributed by atoms with Gasteiger partial charge in [0.25, 0.3) is 0 Å². The van der Waals surface area contributed by atoms with Crippen LogP contribution in [0.3, 0.4) is 0 Å². The molecule has 45 heteroatoms. The number of ether oxygens (including phenoxy) is 13. The normalized spacial score (nSPS) is 24.5. The summed E-state index contributed by atoms with van der Waals surface area (Å²) in [6.07, 6.45) is 0.0761. The van der Waals surface area contributed by atoms with Crippen molar-refractivity contribution in [3.63, 3.8) is 0 Å². The molecule has 14 aliphatic rings. The van der Waals surface area contributed by atoms with Crippen LogP contribution in [0.4, 0.5) is 0 Å². The molecule has 7 aromatic rings. The number of esters is 24. The first kappa shape index (κ1) is 81.9. The Balaban J connectivity index is 0.000000112. The monoisotopic (exact) mass is 1700 g/mol. The molecule has 6 unspecified atom stereocenters. The smallest absolute Gasteiger partial charge is 0.347 e. The Kier molecular flexibility index (Phi) is 21.2. The molecule has 0 N–H and O–H groups in total. The van der Waals surface area contributed by atoms with E-state index in [9.17, 15) is 134 Å². The van der Waals surface area contributed by atoms with E-state index in [-0.39, 0.29) is 129 Å². The number of furan rings is 2. The van der Waals surface area contributed by atoms with Gasteiger partial charge in [0.15, 0.2) is 0 Å². The van der Waals surface area contributed by atoms with Crippen molar-refractivity contribution < 1.29 is 185 Å². The van der Waals surface area contributed by atoms with Crippen LogP contribution in [0.5, 0.6) is 11.5 Å². The van der Waals surface area contributed by atoms with Crippen LogP contribution >= 0.6 is 0 Å². The molecule has 2 aliphatic carbocycles. The summed E-state index contributed by atoms with van der Waals surface area (Å²) in [7, 11) is 0. The molecule has 0 bridgehead atoms. The van der Waals surface area contributed by atoms with E-state index < -0.39 is 225 Å². The van der Waals surface area contributed by atoms with E-state index in [2.05, 4.69) is 65.7 Å². The van der Waals surface area contributed by atoms with Gasteiger partial charge >= 0.3 is 166 Å². The maximum absolute atomic E-state index is 11.6. The van der Waals surface area contributed by atoms with Crippen LogP contribution in [0.1, 0.15) is 109 Å². The minimum absolute atomic E-state index is 0.0181. The topological polar surface area (TPSA) is 631 Å². The number of morpholine rings is 2. The van der Waals surface area contributed by atoms with E-state index in [1.165, 1.54) is 60.7 Å². The molecular formula is C78H44N2O43. The van der Waals surface area contributed by atoms with Crippen molar-refractivity contribution in [1.82, 2.24) is 9.80 Å². The molecule has 0 spiro atoms. The summed E-state index contributed by atoms with van der Waals surface area (Å²) in [6.45, 7) is 0.967. The summed E-state index contributed by atoms with van der Waals surface area (Å²) in [6, 6.07) is 20.2. The van der Waals surface area contributed by atoms with Gasteiger partial charge in [0, 0.05) is 13.1 Å². The Labute approximate surface area is 675 Å². The number of rotatable bonds is 7. The molecule has 6 atom stereocenters. The number of carbonyl (C=O) groups excluding carboxylic acids is 24. The van der Waals surface area contributed by atoms with Gasteiger partial charge in [-0.1, -0.05) is 12.1 Å². The van der Waals surface area contributed by atoms with Gasteiger partial charge < -0.3 is 70.4 Å². The standard InChI is InChI=1S/C16H6O7.C16H6O6.C10H12N2O6.C10H8O6.C10H2O6.C8H4O6.C8H6O6/c17-13-9-3-1-7(5-11(9)15(19)22-13)21-8-2-4-10-12(6-8)16(20)23-14(10)18;17-13-9-3-1-7(5-11(9)15(19)21-13)8-2-4-10-12(6-8)16(20)22-14(10)18;13-7-3-11(4-8(14)17-7)1-2-12-5-9(15)18-10(16)6-12;2*11-7-3-1-4-6(10(14)16-8(4)12)2-5(3)9(13)15-7;9-5-1-2(6(10)13-5)4-3(1)7(11)14-8(4)12;9-5-1-3(7(11)13-5)4-2-6(10)14-8(4)12/h1-6H;1-6H;1-6H2;3-6H,1-2H2;1-2H;1-4H;3-4H,1-2H2. The van der Waals surface area contributed by atoms with Gasteiger partial charge in [0.05, 0.1) is 164 Å². The van der Waals surface area contributed by atoms with Crippen molar-refractivity contribution in [1.29, 1.82) is 0 Å². The Bertz CT molecular complexity index is 5810. The minimum Gasteiger partial charge on any atom is -0.457 e. The van der Waals surface area contributed by atoms with Crippen LogP contribution in [0.2, 0.25) is 0 Å². The molecule has 0 amide bonds. The van der Waals surface area contributed by atoms with Crippen LogP contribution in [-0.4, -0.2) is 192 Å². The van der Waals surface area contributed by atoms with Gasteiger partial charge in [-0.25, -0.2) is 57.5 Å². The zero-order valence-electron chi connectivity index (χ0n) is 61.4. The molecule has 2 saturated carbocycles. The lowest BCUT2D eigenvalue weighted by molar-refractivity contribution is -0.170. The van der Waals surface area contributed by atoms with Crippen molar-refractivity contribution in [3.05, 3.63) is 171 Å². The zero-order chi connectivity index (χ0) is 87.9. The molecule has 5 aromatic carbocycles. The Morgan fingerprint density at radius 2 is 0.496 bits per heavy atom. The summed E-state index contributed by atoms with van der Waals surface area (Å²) in [5, 5.41) is -0.0726. The Morgan fingerprint density at radius 3 is 0.772 bits per heavy atom. The van der Waals surface area contributed by atoms with E-state index in [1.807, 2.05) is 0 Å². The van der Waals surface area contributed by atoms with Gasteiger partial charge in [0.1, 0.15) is 11.5 Å². The number of carbonyl (C=O) groups is 24. The van der Waals surface area contributed by atoms with Crippen molar-refractivity contribution >= 4 is 165 Å². The predicted molar refractivity (Wildman–Crippen MR) is 372 cm³/mol. The van der Waals surface area contributed by atoms with Crippen LogP contribution in [0.15, 0.2) is 113 Å². The van der Waals surface area contributed by atoms with E-state index in [0.29, 0.717) is 24.2 Å². The minimum atomic E-state index is -0.846. The quantitative estimate of drug-likeness (QED) is 0.0999. The second-order valence-corrected chi connectivity index (χ2v) is 28.3. The first-order valence-electron chi connectivity index (χ1n) is 35.9. The number of benzene rings is 5. The van der Waals surface area contributed by atoms with Gasteiger partial charge in [-0.2, -0.15) is 0 Å². The van der Waals surface area contributed by atoms with E-state index in [4.69, 9.17) is 4.74 Å². The SMILES string of the molecule is O=C1CC(C2CC(=O)OC2=O)C(=O)O1.O=C1CN(CCN2CC(=O)OC(=O)C2)CC(=O)O1.O=C1OC(=O)C2C1C1C(=O)OC(=O)C21.O=C1OC(=O)C2CC3C(=O)OC(=O)C3CC12.O=C1OC(=O)c2cc(-c3ccc4c(c3)C(=O)OC4=O)ccc21.O=C1OC(=O)c2cc(Oc3ccc4c(c3)C(=O)OC4=O)ccc21.O=c1oc(=O)c2cc3c(=O)oc(=O)c3cc12. The van der Waals surface area contributed by atoms with E-state index in [0.717, 1.165) is 12.1 Å². The first-order valence-corrected chi connectivity index (χ1v) is 35.9. The Hall–Kier alpha value is -16.2. The third kappa shape index (κ3) is 15.8. The predicted octanol–water partition coefficient (Wildman–Crippen LogP) is -1.46. The highest BCUT2D eigenvalue weighted by Gasteiger charge is 2.73. The molecule has 8 saturated heterocycles. The summed E-state index contributed by atoms with van der Waals surface area (Å²) in [5.41, 5.74) is -0.685. The summed E-state index contributed by atoms with van der Waals surface area (Å²) < 4.78 is 67.3. The lowest BCUT2D eigenvalue weighted by Crippen LogP contribution is -2.50. The lowest BCUT2D eigenvalue weighted by Gasteiger charge is -2.33. The molecule has 123 heavy (non-hydrogen) atoms. The number of nitrogens with zero attached hydrogens (tertiary/aromatic N) is 2. The number of hydrogen-bond acceptors (Lipinski definition) is 45. The average Bonchev–Trinajstić information content (AvgIpc) is 1.54. The fraction of sp³-hybridized carbons (Fsp3) is 0.256. The highest BCUT2D eigenvalue weighted by atomic mass is 16.6. The van der Waals surface area contributed by atoms with Gasteiger partial charge in [0.2, 0.25) is 0 Å². The fourth-order valence-electron chi connectivity index (χ4n) is 15.1. The molecule has 21 rings (SSSR count). The molecule has 0 radical (unpaired) electrons. The van der Waals surface area contributed by atoms with Crippen LogP contribution in [-0.2, 0) is 134 Å². The van der Waals surface area contributed by atoms with Crippen molar-refractivity contribution in [3.8, 4) is 22.6 Å². The molecule has 12 aliphatic heterocycles. The third-order valence-corrected chi connectivity index (χ3v) is 21.0. The zero-order valence-corrected chi connectivity index (χ0v) is 61.4. The molecule has 10 fully saturated rings. The Morgan fingerprint density at radius 1 is 0.244 bits per heavy atom. The molecule has 45 nitrogen and oxygen atoms in total. The molecule has 14 heterocycles. The van der Waals surface area contributed by atoms with Crippen LogP contribution < -0.4 is 27.2 Å². The highest BCUT2D eigenvalue weighted by molar-refractivity contribution is 6.18. The average molecular weight is 1700 g/mol. The van der Waals surface area contributed by atoms with Crippen LogP contribution in [0, 0.1) is 59.2 Å². The van der Waals surface area contributed by atoms with Crippen molar-refractivity contribution in [2.45, 2.75) is 25.7 Å². The van der Waals surface area contributed by atoms with E-state index >= 15 is 0 Å². The number of cyclic esters (lactones) is 24. The maximum Gasteiger partial charge on any atom is 0.347 e. The maximum atomic E-state index is 11.6. The largest absolute Gasteiger partial charge is 0.457 e. The van der Waals surface area contributed by atoms with Gasteiger partial charge in [-0.05, 0) is 96.8 Å².